The smallest absolute Gasteiger partial charge is 0.396 e. The molecule has 1 aliphatic rings. The first-order valence-electron chi connectivity index (χ1n) is 7.73. The third-order valence-electron chi connectivity index (χ3n) is 3.99. The van der Waals surface area contributed by atoms with Crippen molar-refractivity contribution in [3.63, 3.8) is 0 Å². The first-order chi connectivity index (χ1) is 11.9. The van der Waals surface area contributed by atoms with E-state index >= 15 is 0 Å². The Morgan fingerprint density at radius 1 is 1.20 bits per heavy atom. The standard InChI is InChI=1S/C16H14F3N5O/c17-16(18,19)13-12(20)8-24(22-13)7-9-1-3-11(4-2-9)15-21-14(23-25-15)10-5-6-10/h1-4,8,10H,5-7,20H2. The molecule has 1 aliphatic carbocycles. The summed E-state index contributed by atoms with van der Waals surface area (Å²) in [5.74, 6) is 1.58. The lowest BCUT2D eigenvalue weighted by atomic mass is 10.1. The van der Waals surface area contributed by atoms with Gasteiger partial charge in [0, 0.05) is 17.7 Å². The molecule has 130 valence electrons. The Labute approximate surface area is 140 Å². The number of alkyl halides is 3. The molecular formula is C16H14F3N5O. The summed E-state index contributed by atoms with van der Waals surface area (Å²) in [5.41, 5.74) is 5.47. The Kier molecular flexibility index (Phi) is 3.52. The largest absolute Gasteiger partial charge is 0.437 e. The maximum Gasteiger partial charge on any atom is 0.437 e. The lowest BCUT2D eigenvalue weighted by Gasteiger charge is -2.04. The first kappa shape index (κ1) is 15.7. The Bertz CT molecular complexity index is 893. The minimum Gasteiger partial charge on any atom is -0.396 e. The highest BCUT2D eigenvalue weighted by atomic mass is 19.4. The van der Waals surface area contributed by atoms with E-state index in [0.717, 1.165) is 29.8 Å². The van der Waals surface area contributed by atoms with Crippen molar-refractivity contribution in [2.45, 2.75) is 31.5 Å². The van der Waals surface area contributed by atoms with E-state index in [1.165, 1.54) is 10.9 Å². The summed E-state index contributed by atoms with van der Waals surface area (Å²) in [6.45, 7) is 0.178. The van der Waals surface area contributed by atoms with Gasteiger partial charge in [-0.05, 0) is 30.5 Å². The van der Waals surface area contributed by atoms with Gasteiger partial charge in [0.15, 0.2) is 11.5 Å². The van der Waals surface area contributed by atoms with Crippen molar-refractivity contribution in [2.24, 2.45) is 0 Å². The summed E-state index contributed by atoms with van der Waals surface area (Å²) in [5, 5.41) is 7.47. The summed E-state index contributed by atoms with van der Waals surface area (Å²) < 4.78 is 44.6. The van der Waals surface area contributed by atoms with Gasteiger partial charge in [-0.2, -0.15) is 23.3 Å². The van der Waals surface area contributed by atoms with E-state index in [2.05, 4.69) is 15.2 Å². The normalized spacial score (nSPS) is 14.8. The number of anilines is 1. The van der Waals surface area contributed by atoms with Crippen LogP contribution in [0.15, 0.2) is 35.0 Å². The average Bonchev–Trinajstić information content (AvgIpc) is 3.16. The van der Waals surface area contributed by atoms with Crippen molar-refractivity contribution < 1.29 is 17.7 Å². The molecule has 1 aromatic carbocycles. The average molecular weight is 349 g/mol. The minimum atomic E-state index is -4.56. The third-order valence-corrected chi connectivity index (χ3v) is 3.99. The maximum atomic E-state index is 12.7. The zero-order valence-electron chi connectivity index (χ0n) is 13.0. The molecule has 0 bridgehead atoms. The zero-order valence-corrected chi connectivity index (χ0v) is 13.0. The highest BCUT2D eigenvalue weighted by Crippen LogP contribution is 2.38. The molecule has 0 unspecified atom stereocenters. The van der Waals surface area contributed by atoms with Gasteiger partial charge in [-0.25, -0.2) is 0 Å². The van der Waals surface area contributed by atoms with Crippen molar-refractivity contribution in [3.05, 3.63) is 47.5 Å². The second kappa shape index (κ2) is 5.61. The van der Waals surface area contributed by atoms with Gasteiger partial charge in [0.1, 0.15) is 0 Å². The van der Waals surface area contributed by atoms with Crippen LogP contribution in [0.25, 0.3) is 11.5 Å². The van der Waals surface area contributed by atoms with Crippen LogP contribution in [0, 0.1) is 0 Å². The van der Waals surface area contributed by atoms with Crippen molar-refractivity contribution in [1.82, 2.24) is 19.9 Å². The van der Waals surface area contributed by atoms with Crippen molar-refractivity contribution >= 4 is 5.69 Å². The third kappa shape index (κ3) is 3.21. The molecule has 4 rings (SSSR count). The van der Waals surface area contributed by atoms with Crippen molar-refractivity contribution in [3.8, 4) is 11.5 Å². The first-order valence-corrected chi connectivity index (χ1v) is 7.73. The van der Waals surface area contributed by atoms with Crippen molar-refractivity contribution in [1.29, 1.82) is 0 Å². The zero-order chi connectivity index (χ0) is 17.6. The molecule has 1 fully saturated rings. The number of nitrogens with two attached hydrogens (primary N) is 1. The molecule has 0 radical (unpaired) electrons. The molecule has 2 heterocycles. The van der Waals surface area contributed by atoms with Crippen LogP contribution in [0.2, 0.25) is 0 Å². The van der Waals surface area contributed by atoms with Gasteiger partial charge in [0.05, 0.1) is 12.2 Å². The van der Waals surface area contributed by atoms with Crippen LogP contribution in [-0.2, 0) is 12.7 Å². The van der Waals surface area contributed by atoms with Gasteiger partial charge in [-0.15, -0.1) is 0 Å². The van der Waals surface area contributed by atoms with Crippen LogP contribution in [0.1, 0.15) is 35.8 Å². The SMILES string of the molecule is Nc1cn(Cc2ccc(-c3nc(C4CC4)no3)cc2)nc1C(F)(F)F. The van der Waals surface area contributed by atoms with Crippen LogP contribution in [0.3, 0.4) is 0 Å². The van der Waals surface area contributed by atoms with Gasteiger partial charge >= 0.3 is 6.18 Å². The fraction of sp³-hybridized carbons (Fsp3) is 0.312. The van der Waals surface area contributed by atoms with E-state index in [9.17, 15) is 13.2 Å². The van der Waals surface area contributed by atoms with Crippen LogP contribution in [0.4, 0.5) is 18.9 Å². The lowest BCUT2D eigenvalue weighted by Crippen LogP contribution is -2.10. The summed E-state index contributed by atoms with van der Waals surface area (Å²) in [4.78, 5) is 4.36. The van der Waals surface area contributed by atoms with Crippen LogP contribution >= 0.6 is 0 Å². The molecule has 9 heteroatoms. The molecule has 0 aliphatic heterocycles. The van der Waals surface area contributed by atoms with Crippen LogP contribution in [-0.4, -0.2) is 19.9 Å². The van der Waals surface area contributed by atoms with E-state index < -0.39 is 11.9 Å². The number of nitrogens with zero attached hydrogens (tertiary/aromatic N) is 4. The predicted octanol–water partition coefficient (Wildman–Crippen LogP) is 3.46. The van der Waals surface area contributed by atoms with E-state index in [1.54, 1.807) is 24.3 Å². The number of rotatable bonds is 4. The summed E-state index contributed by atoms with van der Waals surface area (Å²) in [7, 11) is 0. The highest BCUT2D eigenvalue weighted by Gasteiger charge is 2.36. The van der Waals surface area contributed by atoms with E-state index in [1.807, 2.05) is 0 Å². The number of nitrogen functional groups attached to an aromatic ring is 1. The second-order valence-electron chi connectivity index (χ2n) is 6.06. The van der Waals surface area contributed by atoms with Gasteiger partial charge in [-0.3, -0.25) is 4.68 Å². The monoisotopic (exact) mass is 349 g/mol. The molecule has 2 aromatic heterocycles. The minimum absolute atomic E-state index is 0.178. The van der Waals surface area contributed by atoms with Crippen LogP contribution < -0.4 is 5.73 Å². The second-order valence-corrected chi connectivity index (χ2v) is 6.06. The molecule has 1 saturated carbocycles. The molecule has 0 spiro atoms. The number of hydrogen-bond acceptors (Lipinski definition) is 5. The molecule has 25 heavy (non-hydrogen) atoms. The number of aromatic nitrogens is 4. The summed E-state index contributed by atoms with van der Waals surface area (Å²) in [6.07, 6.45) is -1.21. The van der Waals surface area contributed by atoms with Crippen molar-refractivity contribution in [2.75, 3.05) is 5.73 Å². The molecule has 2 N–H and O–H groups in total. The highest BCUT2D eigenvalue weighted by molar-refractivity contribution is 5.53. The molecule has 3 aromatic rings. The molecule has 0 atom stereocenters. The Balaban J connectivity index is 1.50. The van der Waals surface area contributed by atoms with Crippen LogP contribution in [0.5, 0.6) is 0 Å². The molecule has 0 amide bonds. The lowest BCUT2D eigenvalue weighted by molar-refractivity contribution is -0.140. The van der Waals surface area contributed by atoms with E-state index in [0.29, 0.717) is 11.8 Å². The fourth-order valence-corrected chi connectivity index (χ4v) is 2.54. The predicted molar refractivity (Wildman–Crippen MR) is 82.5 cm³/mol. The maximum absolute atomic E-state index is 12.7. The Morgan fingerprint density at radius 3 is 2.52 bits per heavy atom. The number of halogens is 3. The topological polar surface area (TPSA) is 82.8 Å². The summed E-state index contributed by atoms with van der Waals surface area (Å²) >= 11 is 0. The van der Waals surface area contributed by atoms with Gasteiger partial charge in [0.2, 0.25) is 0 Å². The fourth-order valence-electron chi connectivity index (χ4n) is 2.54. The number of benzene rings is 1. The number of hydrogen-bond donors (Lipinski definition) is 1. The Morgan fingerprint density at radius 2 is 1.92 bits per heavy atom. The van der Waals surface area contributed by atoms with Gasteiger partial charge < -0.3 is 10.3 Å². The van der Waals surface area contributed by atoms with Gasteiger partial charge in [-0.1, -0.05) is 17.3 Å². The van der Waals surface area contributed by atoms with Gasteiger partial charge in [0.25, 0.3) is 5.89 Å². The quantitative estimate of drug-likeness (QED) is 0.780. The van der Waals surface area contributed by atoms with E-state index in [4.69, 9.17) is 10.3 Å². The van der Waals surface area contributed by atoms with E-state index in [-0.39, 0.29) is 12.2 Å². The molecule has 0 saturated heterocycles. The molecule has 6 nitrogen and oxygen atoms in total. The Hall–Kier alpha value is -2.84. The summed E-state index contributed by atoms with van der Waals surface area (Å²) in [6, 6.07) is 7.14. The molecular weight excluding hydrogens is 335 g/mol.